The van der Waals surface area contributed by atoms with Crippen molar-refractivity contribution in [3.8, 4) is 0 Å². The molecular weight excluding hydrogens is 397 g/mol. The van der Waals surface area contributed by atoms with E-state index in [0.29, 0.717) is 11.9 Å². The third-order valence-electron chi connectivity index (χ3n) is 4.45. The SMILES string of the molecule is O=C(CSc1ccc(C(F)(F)F)cc1[N+](=O)[O-])Nc1ccnn1C1CCCC1. The van der Waals surface area contributed by atoms with E-state index < -0.39 is 28.3 Å². The van der Waals surface area contributed by atoms with Gasteiger partial charge in [0.1, 0.15) is 5.82 Å². The number of hydrogen-bond acceptors (Lipinski definition) is 5. The van der Waals surface area contributed by atoms with Gasteiger partial charge in [-0.2, -0.15) is 18.3 Å². The number of anilines is 1. The van der Waals surface area contributed by atoms with Crippen molar-refractivity contribution in [1.29, 1.82) is 0 Å². The highest BCUT2D eigenvalue weighted by Gasteiger charge is 2.33. The summed E-state index contributed by atoms with van der Waals surface area (Å²) in [5.41, 5.74) is -1.78. The first-order valence-electron chi connectivity index (χ1n) is 8.57. The Kier molecular flexibility index (Phi) is 5.92. The van der Waals surface area contributed by atoms with Gasteiger partial charge in [0.2, 0.25) is 5.91 Å². The molecule has 28 heavy (non-hydrogen) atoms. The maximum atomic E-state index is 12.8. The number of rotatable bonds is 6. The van der Waals surface area contributed by atoms with Crippen LogP contribution in [-0.2, 0) is 11.0 Å². The van der Waals surface area contributed by atoms with E-state index in [1.54, 1.807) is 16.9 Å². The van der Waals surface area contributed by atoms with Gasteiger partial charge in [-0.1, -0.05) is 12.8 Å². The van der Waals surface area contributed by atoms with Crippen LogP contribution < -0.4 is 5.32 Å². The number of nitrogens with one attached hydrogen (secondary N) is 1. The zero-order valence-electron chi connectivity index (χ0n) is 14.6. The summed E-state index contributed by atoms with van der Waals surface area (Å²) in [6, 6.07) is 4.16. The molecule has 0 unspecified atom stereocenters. The maximum Gasteiger partial charge on any atom is 0.416 e. The summed E-state index contributed by atoms with van der Waals surface area (Å²) in [5.74, 6) is -0.0550. The van der Waals surface area contributed by atoms with Gasteiger partial charge in [0.25, 0.3) is 5.69 Å². The number of carbonyl (C=O) groups is 1. The number of halogens is 3. The first-order chi connectivity index (χ1) is 13.3. The van der Waals surface area contributed by atoms with E-state index in [4.69, 9.17) is 0 Å². The molecule has 1 aliphatic rings. The summed E-state index contributed by atoms with van der Waals surface area (Å²) in [4.78, 5) is 22.5. The Hall–Kier alpha value is -2.56. The van der Waals surface area contributed by atoms with E-state index in [-0.39, 0.29) is 16.7 Å². The van der Waals surface area contributed by atoms with Crippen molar-refractivity contribution in [3.05, 3.63) is 46.1 Å². The third kappa shape index (κ3) is 4.64. The molecule has 150 valence electrons. The number of alkyl halides is 3. The number of aromatic nitrogens is 2. The molecule has 2 aromatic rings. The van der Waals surface area contributed by atoms with Gasteiger partial charge >= 0.3 is 6.18 Å². The predicted octanol–water partition coefficient (Wildman–Crippen LogP) is 4.66. The molecule has 0 aliphatic heterocycles. The summed E-state index contributed by atoms with van der Waals surface area (Å²) in [5, 5.41) is 18.1. The molecule has 0 radical (unpaired) electrons. The lowest BCUT2D eigenvalue weighted by atomic mass is 10.2. The van der Waals surface area contributed by atoms with Gasteiger partial charge in [-0.05, 0) is 25.0 Å². The van der Waals surface area contributed by atoms with Gasteiger partial charge in [0.05, 0.1) is 33.4 Å². The number of nitro groups is 1. The quantitative estimate of drug-likeness (QED) is 0.422. The molecule has 1 aromatic heterocycles. The van der Waals surface area contributed by atoms with Crippen LogP contribution in [0.15, 0.2) is 35.4 Å². The molecule has 1 fully saturated rings. The van der Waals surface area contributed by atoms with Crippen LogP contribution in [0.5, 0.6) is 0 Å². The summed E-state index contributed by atoms with van der Waals surface area (Å²) >= 11 is 0.812. The van der Waals surface area contributed by atoms with Crippen LogP contribution in [0.4, 0.5) is 24.7 Å². The fourth-order valence-electron chi connectivity index (χ4n) is 3.13. The molecule has 0 spiro atoms. The van der Waals surface area contributed by atoms with Crippen LogP contribution in [0.1, 0.15) is 37.3 Å². The molecule has 7 nitrogen and oxygen atoms in total. The van der Waals surface area contributed by atoms with Crippen molar-refractivity contribution in [3.63, 3.8) is 0 Å². The Balaban J connectivity index is 1.66. The Morgan fingerprint density at radius 3 is 2.68 bits per heavy atom. The first kappa shape index (κ1) is 20.2. The van der Waals surface area contributed by atoms with Crippen LogP contribution in [0, 0.1) is 10.1 Å². The first-order valence-corrected chi connectivity index (χ1v) is 9.56. The predicted molar refractivity (Wildman–Crippen MR) is 97.2 cm³/mol. The van der Waals surface area contributed by atoms with E-state index in [2.05, 4.69) is 10.4 Å². The Morgan fingerprint density at radius 2 is 2.04 bits per heavy atom. The fourth-order valence-corrected chi connectivity index (χ4v) is 3.94. The summed E-state index contributed by atoms with van der Waals surface area (Å²) < 4.78 is 40.0. The number of hydrogen-bond donors (Lipinski definition) is 1. The van der Waals surface area contributed by atoms with Crippen molar-refractivity contribution < 1.29 is 22.9 Å². The van der Waals surface area contributed by atoms with Gasteiger partial charge in [-0.25, -0.2) is 4.68 Å². The Morgan fingerprint density at radius 1 is 1.32 bits per heavy atom. The second kappa shape index (κ2) is 8.21. The molecule has 0 saturated heterocycles. The Labute approximate surface area is 162 Å². The number of amides is 1. The normalized spacial score (nSPS) is 15.0. The zero-order chi connectivity index (χ0) is 20.3. The zero-order valence-corrected chi connectivity index (χ0v) is 15.4. The van der Waals surface area contributed by atoms with E-state index in [9.17, 15) is 28.1 Å². The lowest BCUT2D eigenvalue weighted by molar-refractivity contribution is -0.388. The lowest BCUT2D eigenvalue weighted by Crippen LogP contribution is -2.19. The minimum atomic E-state index is -4.68. The molecule has 3 rings (SSSR count). The monoisotopic (exact) mass is 414 g/mol. The molecule has 0 bridgehead atoms. The molecule has 1 heterocycles. The van der Waals surface area contributed by atoms with E-state index in [1.807, 2.05) is 0 Å². The summed E-state index contributed by atoms with van der Waals surface area (Å²) in [7, 11) is 0. The van der Waals surface area contributed by atoms with Gasteiger partial charge in [0, 0.05) is 12.1 Å². The van der Waals surface area contributed by atoms with Gasteiger partial charge < -0.3 is 5.32 Å². The van der Waals surface area contributed by atoms with E-state index >= 15 is 0 Å². The van der Waals surface area contributed by atoms with Crippen molar-refractivity contribution in [2.45, 2.75) is 42.8 Å². The molecule has 0 atom stereocenters. The van der Waals surface area contributed by atoms with Gasteiger partial charge in [-0.15, -0.1) is 11.8 Å². The smallest absolute Gasteiger partial charge is 0.310 e. The standard InChI is InChI=1S/C17H17F3N4O3S/c18-17(19,20)11-5-6-14(13(9-11)24(26)27)28-10-16(25)22-15-7-8-21-23(15)12-3-1-2-4-12/h5-9,12H,1-4,10H2,(H,22,25). The van der Waals surface area contributed by atoms with E-state index in [0.717, 1.165) is 49.6 Å². The lowest BCUT2D eigenvalue weighted by Gasteiger charge is -2.14. The topological polar surface area (TPSA) is 90.1 Å². The summed E-state index contributed by atoms with van der Waals surface area (Å²) in [6.45, 7) is 0. The molecule has 1 N–H and O–H groups in total. The largest absolute Gasteiger partial charge is 0.416 e. The van der Waals surface area contributed by atoms with Crippen molar-refractivity contribution in [1.82, 2.24) is 9.78 Å². The minimum absolute atomic E-state index is 0.00236. The van der Waals surface area contributed by atoms with E-state index in [1.165, 1.54) is 0 Å². The number of benzene rings is 1. The fraction of sp³-hybridized carbons (Fsp3) is 0.412. The molecule has 1 saturated carbocycles. The van der Waals surface area contributed by atoms with Crippen LogP contribution in [0.3, 0.4) is 0 Å². The van der Waals surface area contributed by atoms with Crippen molar-refractivity contribution in [2.75, 3.05) is 11.1 Å². The highest BCUT2D eigenvalue weighted by atomic mass is 32.2. The highest BCUT2D eigenvalue weighted by molar-refractivity contribution is 8.00. The molecular formula is C17H17F3N4O3S. The second-order valence-corrected chi connectivity index (χ2v) is 7.39. The van der Waals surface area contributed by atoms with Gasteiger partial charge in [-0.3, -0.25) is 14.9 Å². The average molecular weight is 414 g/mol. The number of thioether (sulfide) groups is 1. The molecule has 1 aliphatic carbocycles. The van der Waals surface area contributed by atoms with Crippen LogP contribution in [0.2, 0.25) is 0 Å². The average Bonchev–Trinajstić information content (AvgIpc) is 3.30. The summed E-state index contributed by atoms with van der Waals surface area (Å²) in [6.07, 6.45) is 1.08. The third-order valence-corrected chi connectivity index (χ3v) is 5.51. The van der Waals surface area contributed by atoms with Crippen LogP contribution >= 0.6 is 11.8 Å². The van der Waals surface area contributed by atoms with Crippen LogP contribution in [-0.4, -0.2) is 26.4 Å². The maximum absolute atomic E-state index is 12.8. The van der Waals surface area contributed by atoms with Gasteiger partial charge in [0.15, 0.2) is 0 Å². The van der Waals surface area contributed by atoms with Crippen LogP contribution in [0.25, 0.3) is 0 Å². The number of nitro benzene ring substituents is 1. The number of nitrogens with zero attached hydrogens (tertiary/aromatic N) is 3. The molecule has 1 aromatic carbocycles. The second-order valence-electron chi connectivity index (χ2n) is 6.37. The van der Waals surface area contributed by atoms with Crippen molar-refractivity contribution >= 4 is 29.2 Å². The minimum Gasteiger partial charge on any atom is -0.310 e. The molecule has 11 heteroatoms. The van der Waals surface area contributed by atoms with Crippen molar-refractivity contribution in [2.24, 2.45) is 0 Å². The number of carbonyl (C=O) groups excluding carboxylic acids is 1. The molecule has 1 amide bonds. The Bertz CT molecular complexity index is 879. The highest BCUT2D eigenvalue weighted by Crippen LogP contribution is 2.36.